The molecular formula is C21H17N3O4. The van der Waals surface area contributed by atoms with Crippen LogP contribution in [0.2, 0.25) is 0 Å². The number of aromatic amines is 1. The average molecular weight is 375 g/mol. The lowest BCUT2D eigenvalue weighted by atomic mass is 10.0. The molecule has 0 saturated heterocycles. The molecule has 140 valence electrons. The summed E-state index contributed by atoms with van der Waals surface area (Å²) in [5, 5.41) is 9.27. The summed E-state index contributed by atoms with van der Waals surface area (Å²) in [6.45, 7) is 3.77. The molecule has 0 spiro atoms. The van der Waals surface area contributed by atoms with Crippen LogP contribution in [-0.2, 0) is 4.74 Å². The molecule has 28 heavy (non-hydrogen) atoms. The molecule has 0 amide bonds. The molecule has 0 fully saturated rings. The highest BCUT2D eigenvalue weighted by Crippen LogP contribution is 2.26. The molecule has 0 aliphatic rings. The topological polar surface area (TPSA) is 105 Å². The van der Waals surface area contributed by atoms with Crippen molar-refractivity contribution in [3.05, 3.63) is 75.8 Å². The number of aromatic nitrogens is 2. The molecule has 0 atom stereocenters. The van der Waals surface area contributed by atoms with Gasteiger partial charge in [0.15, 0.2) is 0 Å². The molecular weight excluding hydrogens is 358 g/mol. The first kappa shape index (κ1) is 18.9. The van der Waals surface area contributed by atoms with Crippen molar-refractivity contribution in [1.82, 2.24) is 9.97 Å². The van der Waals surface area contributed by atoms with Crippen LogP contribution in [0.15, 0.2) is 53.5 Å². The number of nitrogens with one attached hydrogen (secondary N) is 1. The van der Waals surface area contributed by atoms with E-state index in [1.54, 1.807) is 50.2 Å². The quantitative estimate of drug-likeness (QED) is 0.683. The maximum Gasteiger partial charge on any atom is 0.338 e. The zero-order valence-corrected chi connectivity index (χ0v) is 15.4. The predicted octanol–water partition coefficient (Wildman–Crippen LogP) is 3.59. The van der Waals surface area contributed by atoms with Crippen LogP contribution in [0.3, 0.4) is 0 Å². The maximum absolute atomic E-state index is 12.0. The Balaban J connectivity index is 1.85. The van der Waals surface area contributed by atoms with Gasteiger partial charge in [-0.2, -0.15) is 5.26 Å². The molecule has 0 unspecified atom stereocenters. The van der Waals surface area contributed by atoms with Gasteiger partial charge in [0.1, 0.15) is 17.4 Å². The number of ether oxygens (including phenoxy) is 2. The van der Waals surface area contributed by atoms with Gasteiger partial charge < -0.3 is 14.5 Å². The zero-order valence-electron chi connectivity index (χ0n) is 15.4. The number of nitrogens with zero attached hydrogens (tertiary/aromatic N) is 2. The molecule has 2 aromatic heterocycles. The minimum absolute atomic E-state index is 0.0584. The second kappa shape index (κ2) is 8.18. The van der Waals surface area contributed by atoms with Crippen molar-refractivity contribution in [2.45, 2.75) is 13.8 Å². The first-order valence-corrected chi connectivity index (χ1v) is 8.57. The molecule has 0 radical (unpaired) electrons. The van der Waals surface area contributed by atoms with Gasteiger partial charge in [-0.15, -0.1) is 0 Å². The Bertz CT molecular complexity index is 1110. The largest absolute Gasteiger partial charge is 0.462 e. The van der Waals surface area contributed by atoms with Crippen LogP contribution >= 0.6 is 0 Å². The molecule has 3 aromatic rings. The molecule has 0 saturated carbocycles. The van der Waals surface area contributed by atoms with Gasteiger partial charge >= 0.3 is 5.97 Å². The lowest BCUT2D eigenvalue weighted by molar-refractivity contribution is 0.0526. The van der Waals surface area contributed by atoms with Gasteiger partial charge in [0.25, 0.3) is 5.56 Å². The van der Waals surface area contributed by atoms with Gasteiger partial charge in [-0.05, 0) is 43.7 Å². The fourth-order valence-corrected chi connectivity index (χ4v) is 2.66. The van der Waals surface area contributed by atoms with E-state index >= 15 is 0 Å². The van der Waals surface area contributed by atoms with Crippen molar-refractivity contribution in [2.75, 3.05) is 6.61 Å². The van der Waals surface area contributed by atoms with E-state index in [1.807, 2.05) is 6.07 Å². The lowest BCUT2D eigenvalue weighted by Crippen LogP contribution is -2.12. The minimum atomic E-state index is -0.446. The Labute approximate surface area is 161 Å². The van der Waals surface area contributed by atoms with Crippen molar-refractivity contribution >= 4 is 5.97 Å². The van der Waals surface area contributed by atoms with Crippen LogP contribution in [0.25, 0.3) is 11.1 Å². The van der Waals surface area contributed by atoms with Crippen LogP contribution in [0.5, 0.6) is 11.6 Å². The number of carbonyl (C=O) groups is 1. The van der Waals surface area contributed by atoms with Crippen molar-refractivity contribution in [1.29, 1.82) is 5.26 Å². The monoisotopic (exact) mass is 375 g/mol. The third kappa shape index (κ3) is 4.07. The van der Waals surface area contributed by atoms with Crippen LogP contribution in [0, 0.1) is 18.3 Å². The normalized spacial score (nSPS) is 10.2. The summed E-state index contributed by atoms with van der Waals surface area (Å²) in [4.78, 5) is 30.5. The van der Waals surface area contributed by atoms with Crippen LogP contribution in [0.1, 0.15) is 28.5 Å². The standard InChI is InChI=1S/C21H17N3O4/c1-3-27-21(26)15-8-9-23-19(11-15)28-16-6-4-14(5-7-16)17-10-13(2)24-20(25)18(17)12-22/h4-11H,3H2,1-2H3,(H,24,25). The Morgan fingerprint density at radius 3 is 2.64 bits per heavy atom. The maximum atomic E-state index is 12.0. The molecule has 3 rings (SSSR count). The van der Waals surface area contributed by atoms with Gasteiger partial charge in [-0.1, -0.05) is 12.1 Å². The highest BCUT2D eigenvalue weighted by Gasteiger charge is 2.11. The molecule has 0 bridgehead atoms. The number of hydrogen-bond donors (Lipinski definition) is 1. The van der Waals surface area contributed by atoms with Gasteiger partial charge in [-0.25, -0.2) is 9.78 Å². The fraction of sp³-hybridized carbons (Fsp3) is 0.143. The Morgan fingerprint density at radius 2 is 1.96 bits per heavy atom. The summed E-state index contributed by atoms with van der Waals surface area (Å²) in [7, 11) is 0. The van der Waals surface area contributed by atoms with E-state index < -0.39 is 11.5 Å². The summed E-state index contributed by atoms with van der Waals surface area (Å²) in [5.41, 5.74) is 1.92. The highest BCUT2D eigenvalue weighted by molar-refractivity contribution is 5.89. The number of hydrogen-bond acceptors (Lipinski definition) is 6. The van der Waals surface area contributed by atoms with Crippen molar-refractivity contribution in [3.8, 4) is 28.8 Å². The van der Waals surface area contributed by atoms with Gasteiger partial charge in [0, 0.05) is 23.5 Å². The van der Waals surface area contributed by atoms with E-state index in [0.717, 1.165) is 0 Å². The molecule has 7 heteroatoms. The first-order valence-electron chi connectivity index (χ1n) is 8.57. The molecule has 0 aliphatic heterocycles. The zero-order chi connectivity index (χ0) is 20.1. The Hall–Kier alpha value is -3.92. The third-order valence-corrected chi connectivity index (χ3v) is 3.91. The highest BCUT2D eigenvalue weighted by atomic mass is 16.5. The summed E-state index contributed by atoms with van der Waals surface area (Å²) in [6.07, 6.45) is 1.47. The van der Waals surface area contributed by atoms with Gasteiger partial charge in [-0.3, -0.25) is 4.79 Å². The first-order chi connectivity index (χ1) is 13.5. The number of H-pyrrole nitrogens is 1. The summed E-state index contributed by atoms with van der Waals surface area (Å²) in [5.74, 6) is 0.305. The van der Waals surface area contributed by atoms with E-state index in [2.05, 4.69) is 9.97 Å². The second-order valence-corrected chi connectivity index (χ2v) is 5.91. The molecule has 2 heterocycles. The number of esters is 1. The SMILES string of the molecule is CCOC(=O)c1ccnc(Oc2ccc(-c3cc(C)[nH]c(=O)c3C#N)cc2)c1. The molecule has 1 N–H and O–H groups in total. The van der Waals surface area contributed by atoms with Crippen LogP contribution in [0.4, 0.5) is 0 Å². The smallest absolute Gasteiger partial charge is 0.338 e. The molecule has 0 aliphatic carbocycles. The van der Waals surface area contributed by atoms with Gasteiger partial charge in [0.2, 0.25) is 5.88 Å². The van der Waals surface area contributed by atoms with E-state index in [1.165, 1.54) is 12.3 Å². The third-order valence-electron chi connectivity index (χ3n) is 3.91. The average Bonchev–Trinajstić information content (AvgIpc) is 2.68. The Morgan fingerprint density at radius 1 is 1.21 bits per heavy atom. The molecule has 7 nitrogen and oxygen atoms in total. The number of rotatable bonds is 5. The van der Waals surface area contributed by atoms with E-state index in [-0.39, 0.29) is 18.1 Å². The summed E-state index contributed by atoms with van der Waals surface area (Å²) >= 11 is 0. The van der Waals surface area contributed by atoms with Crippen molar-refractivity contribution in [2.24, 2.45) is 0 Å². The summed E-state index contributed by atoms with van der Waals surface area (Å²) < 4.78 is 10.7. The van der Waals surface area contributed by atoms with Gasteiger partial charge in [0.05, 0.1) is 12.2 Å². The van der Waals surface area contributed by atoms with Crippen molar-refractivity contribution < 1.29 is 14.3 Å². The number of pyridine rings is 2. The predicted molar refractivity (Wildman–Crippen MR) is 102 cm³/mol. The minimum Gasteiger partial charge on any atom is -0.462 e. The van der Waals surface area contributed by atoms with Crippen molar-refractivity contribution in [3.63, 3.8) is 0 Å². The Kier molecular flexibility index (Phi) is 5.51. The van der Waals surface area contributed by atoms with Crippen LogP contribution in [-0.4, -0.2) is 22.5 Å². The van der Waals surface area contributed by atoms with E-state index in [9.17, 15) is 14.9 Å². The number of benzene rings is 1. The number of carbonyl (C=O) groups excluding carboxylic acids is 1. The van der Waals surface area contributed by atoms with E-state index in [4.69, 9.17) is 9.47 Å². The number of aryl methyl sites for hydroxylation is 1. The number of nitriles is 1. The lowest BCUT2D eigenvalue weighted by Gasteiger charge is -2.09. The van der Waals surface area contributed by atoms with E-state index in [0.29, 0.717) is 28.1 Å². The summed E-state index contributed by atoms with van der Waals surface area (Å²) in [6, 6.07) is 13.6. The fourth-order valence-electron chi connectivity index (χ4n) is 2.66. The van der Waals surface area contributed by atoms with Crippen LogP contribution < -0.4 is 10.3 Å². The molecule has 1 aromatic carbocycles. The second-order valence-electron chi connectivity index (χ2n) is 5.91.